The molecule has 16 heavy (non-hydrogen) atoms. The fourth-order valence-corrected chi connectivity index (χ4v) is 2.59. The van der Waals surface area contributed by atoms with Gasteiger partial charge in [-0.05, 0) is 29.9 Å². The molecule has 2 aliphatic rings. The van der Waals surface area contributed by atoms with Gasteiger partial charge in [0, 0.05) is 13.0 Å². The van der Waals surface area contributed by atoms with Gasteiger partial charge in [0.2, 0.25) is 0 Å². The second kappa shape index (κ2) is 3.86. The summed E-state index contributed by atoms with van der Waals surface area (Å²) in [4.78, 5) is 0. The van der Waals surface area contributed by atoms with Crippen molar-refractivity contribution in [2.75, 3.05) is 13.2 Å². The third kappa shape index (κ3) is 1.66. The molecule has 1 saturated carbocycles. The number of hydrogen-bond acceptors (Lipinski definition) is 2. The van der Waals surface area contributed by atoms with Gasteiger partial charge in [-0.2, -0.15) is 0 Å². The van der Waals surface area contributed by atoms with Gasteiger partial charge in [0.1, 0.15) is 5.60 Å². The average Bonchev–Trinajstić information content (AvgIpc) is 2.65. The smallest absolute Gasteiger partial charge is 0.115 e. The Labute approximate surface area is 96.2 Å². The lowest BCUT2D eigenvalue weighted by Gasteiger charge is -2.27. The first-order valence-corrected chi connectivity index (χ1v) is 6.18. The van der Waals surface area contributed by atoms with Crippen LogP contribution in [0.15, 0.2) is 24.3 Å². The Balaban J connectivity index is 1.81. The number of rotatable bonds is 2. The summed E-state index contributed by atoms with van der Waals surface area (Å²) in [6.07, 6.45) is 4.74. The molecule has 1 saturated heterocycles. The molecule has 1 N–H and O–H groups in total. The lowest BCUT2D eigenvalue weighted by atomic mass is 9.79. The van der Waals surface area contributed by atoms with Crippen LogP contribution in [-0.2, 0) is 10.3 Å². The highest BCUT2D eigenvalue weighted by atomic mass is 16.5. The van der Waals surface area contributed by atoms with E-state index in [-0.39, 0.29) is 0 Å². The fourth-order valence-electron chi connectivity index (χ4n) is 2.59. The van der Waals surface area contributed by atoms with Crippen molar-refractivity contribution >= 4 is 0 Å². The van der Waals surface area contributed by atoms with Gasteiger partial charge in [0.05, 0.1) is 6.61 Å². The zero-order chi connectivity index (χ0) is 11.0. The minimum absolute atomic E-state index is 0.440. The number of ether oxygens (including phenoxy) is 1. The van der Waals surface area contributed by atoms with Gasteiger partial charge in [-0.3, -0.25) is 0 Å². The molecule has 0 spiro atoms. The lowest BCUT2D eigenvalue weighted by molar-refractivity contribution is 0.0232. The summed E-state index contributed by atoms with van der Waals surface area (Å²) in [5, 5.41) is 10.3. The molecule has 1 unspecified atom stereocenters. The Bertz CT molecular complexity index is 359. The lowest BCUT2D eigenvalue weighted by Crippen LogP contribution is -2.25. The van der Waals surface area contributed by atoms with Gasteiger partial charge in [0.15, 0.2) is 0 Å². The predicted octanol–water partition coefficient (Wildman–Crippen LogP) is 2.56. The van der Waals surface area contributed by atoms with E-state index >= 15 is 0 Å². The molecule has 2 nitrogen and oxygen atoms in total. The summed E-state index contributed by atoms with van der Waals surface area (Å²) < 4.78 is 5.27. The van der Waals surface area contributed by atoms with Gasteiger partial charge in [-0.25, -0.2) is 0 Å². The van der Waals surface area contributed by atoms with Crippen LogP contribution in [0.1, 0.15) is 42.7 Å². The van der Waals surface area contributed by atoms with Crippen molar-refractivity contribution in [3.05, 3.63) is 35.4 Å². The molecule has 1 aromatic carbocycles. The SMILES string of the molecule is OC1(c2ccc(C3CCC3)cc2)CCOC1. The molecule has 1 atom stereocenters. The molecule has 3 rings (SSSR count). The minimum Gasteiger partial charge on any atom is -0.383 e. The summed E-state index contributed by atoms with van der Waals surface area (Å²) in [6, 6.07) is 8.50. The molecule has 0 aromatic heterocycles. The maximum absolute atomic E-state index is 10.3. The van der Waals surface area contributed by atoms with Crippen LogP contribution in [0.5, 0.6) is 0 Å². The van der Waals surface area contributed by atoms with E-state index in [0.29, 0.717) is 13.2 Å². The van der Waals surface area contributed by atoms with Gasteiger partial charge in [0.25, 0.3) is 0 Å². The Kier molecular flexibility index (Phi) is 2.49. The molecule has 1 aliphatic carbocycles. The van der Waals surface area contributed by atoms with E-state index in [4.69, 9.17) is 4.74 Å². The van der Waals surface area contributed by atoms with E-state index in [1.54, 1.807) is 0 Å². The van der Waals surface area contributed by atoms with Crippen LogP contribution < -0.4 is 0 Å². The second-order valence-electron chi connectivity index (χ2n) is 5.08. The second-order valence-corrected chi connectivity index (χ2v) is 5.08. The zero-order valence-electron chi connectivity index (χ0n) is 9.48. The third-order valence-corrected chi connectivity index (χ3v) is 4.03. The van der Waals surface area contributed by atoms with Crippen LogP contribution in [0.25, 0.3) is 0 Å². The molecule has 1 aliphatic heterocycles. The van der Waals surface area contributed by atoms with Crippen molar-refractivity contribution in [1.82, 2.24) is 0 Å². The summed E-state index contributed by atoms with van der Waals surface area (Å²) in [5.74, 6) is 0.767. The van der Waals surface area contributed by atoms with Crippen LogP contribution in [0.2, 0.25) is 0 Å². The van der Waals surface area contributed by atoms with E-state index in [9.17, 15) is 5.11 Å². The van der Waals surface area contributed by atoms with Crippen LogP contribution in [-0.4, -0.2) is 18.3 Å². The van der Waals surface area contributed by atoms with E-state index in [0.717, 1.165) is 17.9 Å². The van der Waals surface area contributed by atoms with Crippen molar-refractivity contribution < 1.29 is 9.84 Å². The Morgan fingerprint density at radius 1 is 1.19 bits per heavy atom. The Hall–Kier alpha value is -0.860. The predicted molar refractivity (Wildman–Crippen MR) is 62.4 cm³/mol. The molecule has 0 bridgehead atoms. The maximum Gasteiger partial charge on any atom is 0.115 e. The first-order valence-electron chi connectivity index (χ1n) is 6.18. The third-order valence-electron chi connectivity index (χ3n) is 4.03. The molecule has 86 valence electrons. The standard InChI is InChI=1S/C14H18O2/c15-14(8-9-16-10-14)13-6-4-12(5-7-13)11-2-1-3-11/h4-7,11,15H,1-3,8-10H2. The summed E-state index contributed by atoms with van der Waals surface area (Å²) in [5.41, 5.74) is 1.70. The van der Waals surface area contributed by atoms with Crippen LogP contribution in [0.3, 0.4) is 0 Å². The van der Waals surface area contributed by atoms with Crippen molar-refractivity contribution in [2.45, 2.75) is 37.2 Å². The topological polar surface area (TPSA) is 29.5 Å². The highest BCUT2D eigenvalue weighted by molar-refractivity contribution is 5.30. The van der Waals surface area contributed by atoms with Crippen molar-refractivity contribution in [3.8, 4) is 0 Å². The molecule has 0 radical (unpaired) electrons. The van der Waals surface area contributed by atoms with Crippen LogP contribution in [0.4, 0.5) is 0 Å². The fraction of sp³-hybridized carbons (Fsp3) is 0.571. The number of hydrogen-bond donors (Lipinski definition) is 1. The van der Waals surface area contributed by atoms with Crippen LogP contribution >= 0.6 is 0 Å². The molecule has 1 aromatic rings. The monoisotopic (exact) mass is 218 g/mol. The Morgan fingerprint density at radius 2 is 1.94 bits per heavy atom. The van der Waals surface area contributed by atoms with Crippen molar-refractivity contribution in [1.29, 1.82) is 0 Å². The van der Waals surface area contributed by atoms with E-state index in [1.165, 1.54) is 24.8 Å². The van der Waals surface area contributed by atoms with Gasteiger partial charge < -0.3 is 9.84 Å². The van der Waals surface area contributed by atoms with E-state index < -0.39 is 5.60 Å². The van der Waals surface area contributed by atoms with Crippen LogP contribution in [0, 0.1) is 0 Å². The van der Waals surface area contributed by atoms with Gasteiger partial charge in [-0.15, -0.1) is 0 Å². The molecule has 2 fully saturated rings. The summed E-state index contributed by atoms with van der Waals surface area (Å²) >= 11 is 0. The average molecular weight is 218 g/mol. The first kappa shape index (κ1) is 10.3. The normalized spacial score (nSPS) is 30.3. The number of aliphatic hydroxyl groups is 1. The first-order chi connectivity index (χ1) is 7.78. The largest absolute Gasteiger partial charge is 0.383 e. The highest BCUT2D eigenvalue weighted by Gasteiger charge is 2.34. The minimum atomic E-state index is -0.738. The molecular weight excluding hydrogens is 200 g/mol. The highest BCUT2D eigenvalue weighted by Crippen LogP contribution is 2.37. The summed E-state index contributed by atoms with van der Waals surface area (Å²) in [7, 11) is 0. The van der Waals surface area contributed by atoms with Gasteiger partial charge in [-0.1, -0.05) is 30.7 Å². The molecule has 2 heteroatoms. The molecule has 1 heterocycles. The van der Waals surface area contributed by atoms with Gasteiger partial charge >= 0.3 is 0 Å². The van der Waals surface area contributed by atoms with Crippen molar-refractivity contribution in [2.24, 2.45) is 0 Å². The molecular formula is C14H18O2. The molecule has 0 amide bonds. The zero-order valence-corrected chi connectivity index (χ0v) is 9.48. The van der Waals surface area contributed by atoms with Crippen molar-refractivity contribution in [3.63, 3.8) is 0 Å². The van der Waals surface area contributed by atoms with E-state index in [2.05, 4.69) is 24.3 Å². The number of benzene rings is 1. The van der Waals surface area contributed by atoms with E-state index in [1.807, 2.05) is 0 Å². The quantitative estimate of drug-likeness (QED) is 0.826. The Morgan fingerprint density at radius 3 is 2.44 bits per heavy atom. The summed E-state index contributed by atoms with van der Waals surface area (Å²) in [6.45, 7) is 1.11. The maximum atomic E-state index is 10.3.